The standard InChI is InChI=1S/C13H26O2/c1-8-9-13(6,10(2)15-7)11(14)12(3,4)5/h10H,8-9H2,1-7H3. The van der Waals surface area contributed by atoms with E-state index in [1.54, 1.807) is 7.11 Å². The van der Waals surface area contributed by atoms with Gasteiger partial charge in [-0.3, -0.25) is 4.79 Å². The van der Waals surface area contributed by atoms with Gasteiger partial charge in [0.05, 0.1) is 11.5 Å². The highest BCUT2D eigenvalue weighted by Crippen LogP contribution is 2.37. The fraction of sp³-hybridized carbons (Fsp3) is 0.923. The van der Waals surface area contributed by atoms with Gasteiger partial charge >= 0.3 is 0 Å². The Hall–Kier alpha value is -0.370. The van der Waals surface area contributed by atoms with Crippen molar-refractivity contribution in [3.63, 3.8) is 0 Å². The highest BCUT2D eigenvalue weighted by molar-refractivity contribution is 5.89. The molecule has 2 heteroatoms. The number of carbonyl (C=O) groups excluding carboxylic acids is 1. The molecule has 0 aliphatic carbocycles. The molecule has 2 unspecified atom stereocenters. The van der Waals surface area contributed by atoms with E-state index in [9.17, 15) is 4.79 Å². The van der Waals surface area contributed by atoms with Gasteiger partial charge in [-0.05, 0) is 13.3 Å². The van der Waals surface area contributed by atoms with Crippen LogP contribution in [0, 0.1) is 10.8 Å². The van der Waals surface area contributed by atoms with E-state index in [4.69, 9.17) is 4.74 Å². The van der Waals surface area contributed by atoms with Crippen LogP contribution in [0.2, 0.25) is 0 Å². The lowest BCUT2D eigenvalue weighted by Gasteiger charge is -2.38. The molecule has 0 fully saturated rings. The minimum atomic E-state index is -0.359. The van der Waals surface area contributed by atoms with Crippen LogP contribution in [0.4, 0.5) is 0 Å². The molecule has 15 heavy (non-hydrogen) atoms. The fourth-order valence-electron chi connectivity index (χ4n) is 2.14. The molecule has 0 aliphatic heterocycles. The lowest BCUT2D eigenvalue weighted by molar-refractivity contribution is -0.144. The first-order valence-corrected chi connectivity index (χ1v) is 5.77. The molecule has 0 saturated carbocycles. The Balaban J connectivity index is 5.03. The van der Waals surface area contributed by atoms with E-state index in [0.29, 0.717) is 5.78 Å². The van der Waals surface area contributed by atoms with Gasteiger partial charge in [0.15, 0.2) is 0 Å². The van der Waals surface area contributed by atoms with Crippen LogP contribution < -0.4 is 0 Å². The summed E-state index contributed by atoms with van der Waals surface area (Å²) in [7, 11) is 1.68. The predicted molar refractivity (Wildman–Crippen MR) is 63.9 cm³/mol. The Morgan fingerprint density at radius 3 is 2.00 bits per heavy atom. The Bertz CT molecular complexity index is 215. The van der Waals surface area contributed by atoms with Crippen molar-refractivity contribution in [1.82, 2.24) is 0 Å². The highest BCUT2D eigenvalue weighted by atomic mass is 16.5. The summed E-state index contributed by atoms with van der Waals surface area (Å²) in [6, 6.07) is 0. The third-order valence-electron chi connectivity index (χ3n) is 3.22. The Labute approximate surface area is 94.4 Å². The quantitative estimate of drug-likeness (QED) is 0.700. The molecule has 0 rings (SSSR count). The Morgan fingerprint density at radius 1 is 1.27 bits per heavy atom. The number of ketones is 1. The summed E-state index contributed by atoms with van der Waals surface area (Å²) in [5.41, 5.74) is -0.654. The molecule has 0 aromatic carbocycles. The monoisotopic (exact) mass is 214 g/mol. The van der Waals surface area contributed by atoms with Crippen molar-refractivity contribution in [2.45, 2.75) is 60.5 Å². The van der Waals surface area contributed by atoms with Crippen molar-refractivity contribution in [3.05, 3.63) is 0 Å². The van der Waals surface area contributed by atoms with E-state index < -0.39 is 0 Å². The van der Waals surface area contributed by atoms with Gasteiger partial charge in [-0.25, -0.2) is 0 Å². The maximum absolute atomic E-state index is 12.4. The molecule has 0 bridgehead atoms. The molecule has 0 heterocycles. The fourth-order valence-corrected chi connectivity index (χ4v) is 2.14. The molecule has 0 aliphatic rings. The SMILES string of the molecule is CCCC(C)(C(=O)C(C)(C)C)C(C)OC. The number of methoxy groups -OCH3 is 1. The summed E-state index contributed by atoms with van der Waals surface area (Å²) in [5.74, 6) is 0.297. The van der Waals surface area contributed by atoms with Crippen LogP contribution in [0.3, 0.4) is 0 Å². The van der Waals surface area contributed by atoms with Gasteiger partial charge in [0.25, 0.3) is 0 Å². The highest BCUT2D eigenvalue weighted by Gasteiger charge is 2.43. The molecular weight excluding hydrogens is 188 g/mol. The van der Waals surface area contributed by atoms with E-state index >= 15 is 0 Å². The molecule has 0 N–H and O–H groups in total. The first kappa shape index (κ1) is 14.6. The molecule has 90 valence electrons. The van der Waals surface area contributed by atoms with Gasteiger partial charge in [0, 0.05) is 12.5 Å². The summed E-state index contributed by atoms with van der Waals surface area (Å²) < 4.78 is 5.36. The average molecular weight is 214 g/mol. The molecule has 0 spiro atoms. The maximum atomic E-state index is 12.4. The Morgan fingerprint density at radius 2 is 1.73 bits per heavy atom. The van der Waals surface area contributed by atoms with E-state index in [1.807, 2.05) is 34.6 Å². The molecule has 0 radical (unpaired) electrons. The van der Waals surface area contributed by atoms with Gasteiger partial charge in [0.2, 0.25) is 0 Å². The first-order chi connectivity index (χ1) is 6.70. The molecule has 0 aromatic heterocycles. The van der Waals surface area contributed by atoms with E-state index in [0.717, 1.165) is 12.8 Å². The largest absolute Gasteiger partial charge is 0.381 e. The second kappa shape index (κ2) is 5.11. The van der Waals surface area contributed by atoms with Gasteiger partial charge in [-0.2, -0.15) is 0 Å². The zero-order valence-electron chi connectivity index (χ0n) is 11.3. The summed E-state index contributed by atoms with van der Waals surface area (Å²) in [6.45, 7) is 12.1. The molecular formula is C13H26O2. The average Bonchev–Trinajstić information content (AvgIpc) is 2.14. The first-order valence-electron chi connectivity index (χ1n) is 5.77. The number of rotatable bonds is 5. The third kappa shape index (κ3) is 3.30. The summed E-state index contributed by atoms with van der Waals surface area (Å²) in [5, 5.41) is 0. The van der Waals surface area contributed by atoms with Crippen LogP contribution in [0.15, 0.2) is 0 Å². The second-order valence-electron chi connectivity index (χ2n) is 5.62. The summed E-state index contributed by atoms with van der Waals surface area (Å²) >= 11 is 0. The smallest absolute Gasteiger partial charge is 0.146 e. The van der Waals surface area contributed by atoms with E-state index in [2.05, 4.69) is 6.92 Å². The molecule has 0 amide bonds. The van der Waals surface area contributed by atoms with Crippen molar-refractivity contribution in [2.75, 3.05) is 7.11 Å². The number of Topliss-reactive ketones (excluding diaryl/α,β-unsaturated/α-hetero) is 1. The van der Waals surface area contributed by atoms with E-state index in [-0.39, 0.29) is 16.9 Å². The summed E-state index contributed by atoms with van der Waals surface area (Å²) in [4.78, 5) is 12.4. The van der Waals surface area contributed by atoms with Gasteiger partial charge in [-0.1, -0.05) is 41.0 Å². The summed E-state index contributed by atoms with van der Waals surface area (Å²) in [6.07, 6.45) is 1.87. The zero-order valence-corrected chi connectivity index (χ0v) is 11.3. The topological polar surface area (TPSA) is 26.3 Å². The van der Waals surface area contributed by atoms with Gasteiger partial charge in [0.1, 0.15) is 5.78 Å². The second-order valence-corrected chi connectivity index (χ2v) is 5.62. The molecule has 0 aromatic rings. The van der Waals surface area contributed by atoms with Crippen molar-refractivity contribution in [3.8, 4) is 0 Å². The number of hydrogen-bond donors (Lipinski definition) is 0. The van der Waals surface area contributed by atoms with Crippen LogP contribution >= 0.6 is 0 Å². The van der Waals surface area contributed by atoms with Crippen molar-refractivity contribution in [2.24, 2.45) is 10.8 Å². The van der Waals surface area contributed by atoms with Crippen molar-refractivity contribution < 1.29 is 9.53 Å². The molecule has 0 saturated heterocycles. The van der Waals surface area contributed by atoms with Gasteiger partial charge < -0.3 is 4.74 Å². The molecule has 2 atom stereocenters. The van der Waals surface area contributed by atoms with Crippen molar-refractivity contribution >= 4 is 5.78 Å². The zero-order chi connectivity index (χ0) is 12.3. The maximum Gasteiger partial charge on any atom is 0.146 e. The van der Waals surface area contributed by atoms with Crippen LogP contribution in [0.1, 0.15) is 54.4 Å². The number of carbonyl (C=O) groups is 1. The predicted octanol–water partition coefficient (Wildman–Crippen LogP) is 3.44. The van der Waals surface area contributed by atoms with Gasteiger partial charge in [-0.15, -0.1) is 0 Å². The number of hydrogen-bond acceptors (Lipinski definition) is 2. The van der Waals surface area contributed by atoms with Crippen molar-refractivity contribution in [1.29, 1.82) is 0 Å². The van der Waals surface area contributed by atoms with Crippen LogP contribution in [-0.4, -0.2) is 19.0 Å². The van der Waals surface area contributed by atoms with E-state index in [1.165, 1.54) is 0 Å². The number of ether oxygens (including phenoxy) is 1. The lowest BCUT2D eigenvalue weighted by Crippen LogP contribution is -2.45. The third-order valence-corrected chi connectivity index (χ3v) is 3.22. The Kier molecular flexibility index (Phi) is 4.98. The van der Waals surface area contributed by atoms with Crippen LogP contribution in [-0.2, 0) is 9.53 Å². The van der Waals surface area contributed by atoms with Crippen LogP contribution in [0.25, 0.3) is 0 Å². The van der Waals surface area contributed by atoms with Crippen LogP contribution in [0.5, 0.6) is 0 Å². The molecule has 2 nitrogen and oxygen atoms in total. The minimum Gasteiger partial charge on any atom is -0.381 e. The normalized spacial score (nSPS) is 18.3. The minimum absolute atomic E-state index is 0.0239. The lowest BCUT2D eigenvalue weighted by atomic mass is 9.68.